The Kier molecular flexibility index (Phi) is 6.39. The van der Waals surface area contributed by atoms with Crippen LogP contribution in [0.15, 0.2) is 54.6 Å². The summed E-state index contributed by atoms with van der Waals surface area (Å²) in [5.41, 5.74) is 2.07. The molecule has 5 nitrogen and oxygen atoms in total. The van der Waals surface area contributed by atoms with E-state index in [0.29, 0.717) is 6.54 Å². The number of rotatable bonds is 7. The maximum absolute atomic E-state index is 12.2. The number of aliphatic carboxylic acids is 1. The summed E-state index contributed by atoms with van der Waals surface area (Å²) in [5, 5.41) is 12.7. The minimum absolute atomic E-state index is 0.0884. The van der Waals surface area contributed by atoms with Crippen LogP contribution in [0.2, 0.25) is 0 Å². The molecular formula is C21H25NO4. The highest BCUT2D eigenvalue weighted by atomic mass is 16.6. The molecule has 1 atom stereocenters. The van der Waals surface area contributed by atoms with Crippen molar-refractivity contribution in [2.45, 2.75) is 39.3 Å². The Balaban J connectivity index is 2.05. The maximum atomic E-state index is 12.2. The SMILES string of the molecule is CC(C)(C)OC(=O)[C@@H](Cc1cccc(NCc2ccccc2)c1)C(=O)O. The first-order chi connectivity index (χ1) is 12.2. The van der Waals surface area contributed by atoms with Gasteiger partial charge in [0.2, 0.25) is 0 Å². The standard InChI is InChI=1S/C21H25NO4/c1-21(2,3)26-20(25)18(19(23)24)13-16-10-7-11-17(12-16)22-14-15-8-5-4-6-9-15/h4-12,18,22H,13-14H2,1-3H3,(H,23,24)/t18-/m0/s1. The van der Waals surface area contributed by atoms with Crippen molar-refractivity contribution in [2.24, 2.45) is 5.92 Å². The molecule has 0 radical (unpaired) electrons. The molecule has 2 rings (SSSR count). The molecule has 0 saturated carbocycles. The first-order valence-electron chi connectivity index (χ1n) is 8.57. The Morgan fingerprint density at radius 2 is 1.69 bits per heavy atom. The minimum Gasteiger partial charge on any atom is -0.481 e. The molecule has 0 fully saturated rings. The van der Waals surface area contributed by atoms with Crippen LogP contribution in [0.5, 0.6) is 0 Å². The Morgan fingerprint density at radius 3 is 2.31 bits per heavy atom. The Bertz CT molecular complexity index is 750. The fourth-order valence-electron chi connectivity index (χ4n) is 2.49. The van der Waals surface area contributed by atoms with E-state index in [-0.39, 0.29) is 6.42 Å². The Labute approximate surface area is 154 Å². The van der Waals surface area contributed by atoms with Crippen molar-refractivity contribution in [3.8, 4) is 0 Å². The lowest BCUT2D eigenvalue weighted by Crippen LogP contribution is -2.34. The first kappa shape index (κ1) is 19.5. The summed E-state index contributed by atoms with van der Waals surface area (Å²) in [6.07, 6.45) is 0.0884. The quantitative estimate of drug-likeness (QED) is 0.582. The highest BCUT2D eigenvalue weighted by Gasteiger charge is 2.31. The number of nitrogens with one attached hydrogen (secondary N) is 1. The first-order valence-corrected chi connectivity index (χ1v) is 8.57. The van der Waals surface area contributed by atoms with Gasteiger partial charge < -0.3 is 15.2 Å². The number of anilines is 1. The lowest BCUT2D eigenvalue weighted by molar-refractivity contribution is -0.166. The highest BCUT2D eigenvalue weighted by molar-refractivity contribution is 5.94. The summed E-state index contributed by atoms with van der Waals surface area (Å²) in [5.74, 6) is -3.12. The van der Waals surface area contributed by atoms with Gasteiger partial charge in [-0.05, 0) is 50.5 Å². The summed E-state index contributed by atoms with van der Waals surface area (Å²) >= 11 is 0. The zero-order valence-corrected chi connectivity index (χ0v) is 15.4. The van der Waals surface area contributed by atoms with E-state index in [0.717, 1.165) is 16.8 Å². The van der Waals surface area contributed by atoms with Gasteiger partial charge in [0.05, 0.1) is 0 Å². The van der Waals surface area contributed by atoms with E-state index in [4.69, 9.17) is 4.74 Å². The summed E-state index contributed by atoms with van der Waals surface area (Å²) in [6.45, 7) is 5.83. The molecule has 2 aromatic rings. The zero-order chi connectivity index (χ0) is 19.2. The van der Waals surface area contributed by atoms with Crippen LogP contribution < -0.4 is 5.32 Å². The second-order valence-corrected chi connectivity index (χ2v) is 7.17. The molecule has 0 heterocycles. The summed E-state index contributed by atoms with van der Waals surface area (Å²) in [4.78, 5) is 23.7. The second-order valence-electron chi connectivity index (χ2n) is 7.17. The number of carboxylic acids is 1. The van der Waals surface area contributed by atoms with Crippen LogP contribution in [0.3, 0.4) is 0 Å². The summed E-state index contributed by atoms with van der Waals surface area (Å²) < 4.78 is 5.23. The lowest BCUT2D eigenvalue weighted by Gasteiger charge is -2.22. The van der Waals surface area contributed by atoms with E-state index < -0.39 is 23.5 Å². The smallest absolute Gasteiger partial charge is 0.321 e. The van der Waals surface area contributed by atoms with Gasteiger partial charge in [0.1, 0.15) is 5.60 Å². The number of benzene rings is 2. The van der Waals surface area contributed by atoms with Crippen LogP contribution in [0, 0.1) is 5.92 Å². The fourth-order valence-corrected chi connectivity index (χ4v) is 2.49. The Morgan fingerprint density at radius 1 is 1.04 bits per heavy atom. The van der Waals surface area contributed by atoms with Crippen molar-refractivity contribution < 1.29 is 19.4 Å². The molecule has 2 N–H and O–H groups in total. The van der Waals surface area contributed by atoms with Gasteiger partial charge in [0.15, 0.2) is 5.92 Å². The Hall–Kier alpha value is -2.82. The van der Waals surface area contributed by atoms with E-state index in [2.05, 4.69) is 5.32 Å². The zero-order valence-electron chi connectivity index (χ0n) is 15.4. The minimum atomic E-state index is -1.22. The molecule has 0 saturated heterocycles. The number of carbonyl (C=O) groups excluding carboxylic acids is 1. The van der Waals surface area contributed by atoms with Crippen LogP contribution >= 0.6 is 0 Å². The summed E-state index contributed by atoms with van der Waals surface area (Å²) in [7, 11) is 0. The van der Waals surface area contributed by atoms with Gasteiger partial charge in [0.25, 0.3) is 0 Å². The number of hydrogen-bond donors (Lipinski definition) is 2. The van der Waals surface area contributed by atoms with Crippen LogP contribution in [0.4, 0.5) is 5.69 Å². The van der Waals surface area contributed by atoms with Gasteiger partial charge >= 0.3 is 11.9 Å². The fraction of sp³-hybridized carbons (Fsp3) is 0.333. The molecule has 138 valence electrons. The van der Waals surface area contributed by atoms with Gasteiger partial charge in [0, 0.05) is 12.2 Å². The van der Waals surface area contributed by atoms with E-state index in [1.807, 2.05) is 54.6 Å². The number of hydrogen-bond acceptors (Lipinski definition) is 4. The van der Waals surface area contributed by atoms with Gasteiger partial charge in [-0.2, -0.15) is 0 Å². The normalized spacial score (nSPS) is 12.3. The molecule has 26 heavy (non-hydrogen) atoms. The third-order valence-corrected chi connectivity index (χ3v) is 3.70. The molecule has 2 aromatic carbocycles. The molecule has 0 unspecified atom stereocenters. The number of carbonyl (C=O) groups is 2. The molecular weight excluding hydrogens is 330 g/mol. The molecule has 0 bridgehead atoms. The van der Waals surface area contributed by atoms with Gasteiger partial charge in [-0.15, -0.1) is 0 Å². The van der Waals surface area contributed by atoms with Crippen molar-refractivity contribution in [1.29, 1.82) is 0 Å². The topological polar surface area (TPSA) is 75.6 Å². The van der Waals surface area contributed by atoms with Crippen LogP contribution in [0.1, 0.15) is 31.9 Å². The second kappa shape index (κ2) is 8.52. The van der Waals surface area contributed by atoms with E-state index in [9.17, 15) is 14.7 Å². The van der Waals surface area contributed by atoms with Crippen molar-refractivity contribution >= 4 is 17.6 Å². The predicted octanol–water partition coefficient (Wildman–Crippen LogP) is 3.88. The molecule has 0 aliphatic carbocycles. The van der Waals surface area contributed by atoms with Crippen LogP contribution in [0.25, 0.3) is 0 Å². The largest absolute Gasteiger partial charge is 0.481 e. The summed E-state index contributed by atoms with van der Waals surface area (Å²) in [6, 6.07) is 17.4. The molecule has 0 aliphatic rings. The molecule has 0 aliphatic heterocycles. The van der Waals surface area contributed by atoms with Crippen molar-refractivity contribution in [3.63, 3.8) is 0 Å². The number of esters is 1. The van der Waals surface area contributed by atoms with Crippen molar-refractivity contribution in [2.75, 3.05) is 5.32 Å². The maximum Gasteiger partial charge on any atom is 0.321 e. The highest BCUT2D eigenvalue weighted by Crippen LogP contribution is 2.19. The molecule has 0 aromatic heterocycles. The molecule has 0 amide bonds. The molecule has 0 spiro atoms. The lowest BCUT2D eigenvalue weighted by atomic mass is 9.98. The third-order valence-electron chi connectivity index (χ3n) is 3.70. The monoisotopic (exact) mass is 355 g/mol. The van der Waals surface area contributed by atoms with Crippen molar-refractivity contribution in [3.05, 3.63) is 65.7 Å². The number of ether oxygens (including phenoxy) is 1. The molecule has 5 heteroatoms. The van der Waals surface area contributed by atoms with E-state index >= 15 is 0 Å². The predicted molar refractivity (Wildman–Crippen MR) is 101 cm³/mol. The van der Waals surface area contributed by atoms with Crippen molar-refractivity contribution in [1.82, 2.24) is 0 Å². The van der Waals surface area contributed by atoms with Gasteiger partial charge in [-0.1, -0.05) is 42.5 Å². The number of carboxylic acid groups (broad SMARTS) is 1. The average molecular weight is 355 g/mol. The third kappa shape index (κ3) is 6.24. The van der Waals surface area contributed by atoms with Gasteiger partial charge in [-0.3, -0.25) is 9.59 Å². The van der Waals surface area contributed by atoms with Crippen LogP contribution in [-0.4, -0.2) is 22.6 Å². The van der Waals surface area contributed by atoms with Crippen LogP contribution in [-0.2, 0) is 27.3 Å². The van der Waals surface area contributed by atoms with Gasteiger partial charge in [-0.25, -0.2) is 0 Å². The average Bonchev–Trinajstić information content (AvgIpc) is 2.57. The van der Waals surface area contributed by atoms with E-state index in [1.54, 1.807) is 20.8 Å². The van der Waals surface area contributed by atoms with E-state index in [1.165, 1.54) is 0 Å².